The summed E-state index contributed by atoms with van der Waals surface area (Å²) in [5, 5.41) is 23.2. The van der Waals surface area contributed by atoms with Crippen LogP contribution in [0, 0.1) is 27.3 Å². The number of halogens is 1. The fourth-order valence-corrected chi connectivity index (χ4v) is 1.92. The molecule has 0 fully saturated rings. The third-order valence-electron chi connectivity index (χ3n) is 3.12. The van der Waals surface area contributed by atoms with Crippen LogP contribution in [-0.4, -0.2) is 24.2 Å². The van der Waals surface area contributed by atoms with E-state index in [1.54, 1.807) is 6.07 Å². The Labute approximate surface area is 141 Å². The molecule has 0 aliphatic rings. The fourth-order valence-electron chi connectivity index (χ4n) is 1.92. The standard InChI is InChI=1S/C16H11FN4O4/c1-25-15-5-3-11(7-14(15)21(23)24)9-19-20-16(22)12-4-2-10(8-18)6-13(12)17/h2-7,9H,1H3,(H,20,22)/b19-9-. The van der Waals surface area contributed by atoms with E-state index in [1.807, 2.05) is 0 Å². The number of ether oxygens (including phenoxy) is 1. The van der Waals surface area contributed by atoms with Gasteiger partial charge in [-0.2, -0.15) is 10.4 Å². The van der Waals surface area contributed by atoms with Gasteiger partial charge in [0.25, 0.3) is 5.91 Å². The highest BCUT2D eigenvalue weighted by Gasteiger charge is 2.15. The van der Waals surface area contributed by atoms with Gasteiger partial charge in [0.15, 0.2) is 5.75 Å². The van der Waals surface area contributed by atoms with E-state index >= 15 is 0 Å². The van der Waals surface area contributed by atoms with Crippen molar-refractivity contribution in [3.63, 3.8) is 0 Å². The fraction of sp³-hybridized carbons (Fsp3) is 0.0625. The Morgan fingerprint density at radius 3 is 2.76 bits per heavy atom. The molecule has 0 atom stereocenters. The number of carbonyl (C=O) groups excluding carboxylic acids is 1. The van der Waals surface area contributed by atoms with Gasteiger partial charge in [0.2, 0.25) is 0 Å². The first-order chi connectivity index (χ1) is 12.0. The van der Waals surface area contributed by atoms with Gasteiger partial charge in [-0.05, 0) is 30.3 Å². The van der Waals surface area contributed by atoms with Crippen molar-refractivity contribution in [1.29, 1.82) is 5.26 Å². The quantitative estimate of drug-likeness (QED) is 0.508. The number of amides is 1. The van der Waals surface area contributed by atoms with Crippen LogP contribution in [0.4, 0.5) is 10.1 Å². The third-order valence-corrected chi connectivity index (χ3v) is 3.12. The average molecular weight is 342 g/mol. The highest BCUT2D eigenvalue weighted by atomic mass is 19.1. The van der Waals surface area contributed by atoms with Gasteiger partial charge < -0.3 is 4.74 Å². The molecule has 0 spiro atoms. The first kappa shape index (κ1) is 17.6. The predicted octanol–water partition coefficient (Wildman–Crippen LogP) is 2.38. The lowest BCUT2D eigenvalue weighted by Crippen LogP contribution is -2.19. The summed E-state index contributed by atoms with van der Waals surface area (Å²) >= 11 is 0. The molecule has 0 unspecified atom stereocenters. The average Bonchev–Trinajstić information content (AvgIpc) is 2.61. The van der Waals surface area contributed by atoms with Gasteiger partial charge in [0.1, 0.15) is 5.82 Å². The van der Waals surface area contributed by atoms with E-state index in [0.717, 1.165) is 12.1 Å². The summed E-state index contributed by atoms with van der Waals surface area (Å²) in [7, 11) is 1.31. The summed E-state index contributed by atoms with van der Waals surface area (Å²) in [6.07, 6.45) is 1.17. The third kappa shape index (κ3) is 4.14. The summed E-state index contributed by atoms with van der Waals surface area (Å²) < 4.78 is 18.6. The van der Waals surface area contributed by atoms with Crippen LogP contribution in [0.2, 0.25) is 0 Å². The summed E-state index contributed by atoms with van der Waals surface area (Å²) in [6, 6.07) is 9.27. The van der Waals surface area contributed by atoms with E-state index < -0.39 is 16.6 Å². The molecule has 0 saturated carbocycles. The van der Waals surface area contributed by atoms with Gasteiger partial charge in [-0.1, -0.05) is 0 Å². The summed E-state index contributed by atoms with van der Waals surface area (Å²) in [6.45, 7) is 0. The smallest absolute Gasteiger partial charge is 0.311 e. The van der Waals surface area contributed by atoms with Crippen molar-refractivity contribution < 1.29 is 18.8 Å². The van der Waals surface area contributed by atoms with Crippen molar-refractivity contribution in [1.82, 2.24) is 5.43 Å². The highest BCUT2D eigenvalue weighted by Crippen LogP contribution is 2.26. The zero-order valence-corrected chi connectivity index (χ0v) is 12.9. The largest absolute Gasteiger partial charge is 0.490 e. The van der Waals surface area contributed by atoms with Crippen molar-refractivity contribution in [3.05, 3.63) is 69.0 Å². The molecule has 0 radical (unpaired) electrons. The minimum atomic E-state index is -0.855. The molecule has 0 saturated heterocycles. The number of methoxy groups -OCH3 is 1. The first-order valence-corrected chi connectivity index (χ1v) is 6.81. The molecule has 0 bridgehead atoms. The maximum atomic E-state index is 13.7. The number of nitrogens with zero attached hydrogens (tertiary/aromatic N) is 3. The van der Waals surface area contributed by atoms with Gasteiger partial charge in [0.05, 0.1) is 35.4 Å². The second-order valence-electron chi connectivity index (χ2n) is 4.69. The number of benzene rings is 2. The molecule has 9 heteroatoms. The number of carbonyl (C=O) groups is 1. The molecular weight excluding hydrogens is 331 g/mol. The predicted molar refractivity (Wildman–Crippen MR) is 85.8 cm³/mol. The number of hydrogen-bond acceptors (Lipinski definition) is 6. The topological polar surface area (TPSA) is 118 Å². The maximum Gasteiger partial charge on any atom is 0.311 e. The number of hydrogen-bond donors (Lipinski definition) is 1. The Bertz CT molecular complexity index is 905. The molecular formula is C16H11FN4O4. The maximum absolute atomic E-state index is 13.7. The van der Waals surface area contributed by atoms with E-state index in [1.165, 1.54) is 37.6 Å². The lowest BCUT2D eigenvalue weighted by molar-refractivity contribution is -0.385. The number of hydrazone groups is 1. The van der Waals surface area contributed by atoms with Crippen molar-refractivity contribution >= 4 is 17.8 Å². The van der Waals surface area contributed by atoms with Crippen LogP contribution in [0.3, 0.4) is 0 Å². The van der Waals surface area contributed by atoms with Crippen LogP contribution in [0.15, 0.2) is 41.5 Å². The van der Waals surface area contributed by atoms with Crippen molar-refractivity contribution in [2.24, 2.45) is 5.10 Å². The summed E-state index contributed by atoms with van der Waals surface area (Å²) in [5.74, 6) is -1.58. The van der Waals surface area contributed by atoms with E-state index in [9.17, 15) is 19.3 Å². The van der Waals surface area contributed by atoms with Gasteiger partial charge in [-0.25, -0.2) is 9.82 Å². The molecule has 2 rings (SSSR count). The van der Waals surface area contributed by atoms with E-state index in [4.69, 9.17) is 10.00 Å². The van der Waals surface area contributed by atoms with Gasteiger partial charge >= 0.3 is 5.69 Å². The number of nitrogens with one attached hydrogen (secondary N) is 1. The molecule has 1 amide bonds. The second kappa shape index (κ2) is 7.65. The number of nitro groups is 1. The molecule has 2 aromatic carbocycles. The SMILES string of the molecule is COc1ccc(/C=N\NC(=O)c2ccc(C#N)cc2F)cc1[N+](=O)[O-]. The molecule has 0 aliphatic heterocycles. The Kier molecular flexibility index (Phi) is 5.37. The zero-order valence-electron chi connectivity index (χ0n) is 12.9. The van der Waals surface area contributed by atoms with Crippen LogP contribution >= 0.6 is 0 Å². The number of rotatable bonds is 5. The Morgan fingerprint density at radius 2 is 2.16 bits per heavy atom. The van der Waals surface area contributed by atoms with Crippen molar-refractivity contribution in [2.45, 2.75) is 0 Å². The van der Waals surface area contributed by atoms with E-state index in [-0.39, 0.29) is 22.6 Å². The molecule has 2 aromatic rings. The monoisotopic (exact) mass is 342 g/mol. The van der Waals surface area contributed by atoms with Crippen molar-refractivity contribution in [3.8, 4) is 11.8 Å². The van der Waals surface area contributed by atoms with Gasteiger partial charge in [0, 0.05) is 11.6 Å². The first-order valence-electron chi connectivity index (χ1n) is 6.81. The van der Waals surface area contributed by atoms with Gasteiger partial charge in [-0.15, -0.1) is 0 Å². The van der Waals surface area contributed by atoms with Gasteiger partial charge in [-0.3, -0.25) is 14.9 Å². The summed E-state index contributed by atoms with van der Waals surface area (Å²) in [4.78, 5) is 22.2. The van der Waals surface area contributed by atoms with E-state index in [0.29, 0.717) is 5.56 Å². The molecule has 0 aliphatic carbocycles. The van der Waals surface area contributed by atoms with Crippen LogP contribution < -0.4 is 10.2 Å². The Morgan fingerprint density at radius 1 is 1.40 bits per heavy atom. The van der Waals surface area contributed by atoms with Crippen LogP contribution in [0.25, 0.3) is 0 Å². The highest BCUT2D eigenvalue weighted by molar-refractivity contribution is 5.95. The molecule has 25 heavy (non-hydrogen) atoms. The molecule has 1 N–H and O–H groups in total. The Balaban J connectivity index is 2.13. The lowest BCUT2D eigenvalue weighted by atomic mass is 10.1. The molecule has 0 heterocycles. The second-order valence-corrected chi connectivity index (χ2v) is 4.69. The molecule has 126 valence electrons. The van der Waals surface area contributed by atoms with Crippen molar-refractivity contribution in [2.75, 3.05) is 7.11 Å². The lowest BCUT2D eigenvalue weighted by Gasteiger charge is -2.03. The normalized spacial score (nSPS) is 10.3. The van der Waals surface area contributed by atoms with Crippen LogP contribution in [0.1, 0.15) is 21.5 Å². The van der Waals surface area contributed by atoms with Crippen LogP contribution in [0.5, 0.6) is 5.75 Å². The molecule has 8 nitrogen and oxygen atoms in total. The number of nitriles is 1. The minimum absolute atomic E-state index is 0.0862. The Hall–Kier alpha value is -3.80. The zero-order chi connectivity index (χ0) is 18.4. The molecule has 0 aromatic heterocycles. The van der Waals surface area contributed by atoms with Crippen LogP contribution in [-0.2, 0) is 0 Å². The summed E-state index contributed by atoms with van der Waals surface area (Å²) in [5.41, 5.74) is 2.00. The number of nitro benzene ring substituents is 1. The van der Waals surface area contributed by atoms with E-state index in [2.05, 4.69) is 10.5 Å². The minimum Gasteiger partial charge on any atom is -0.490 e.